The Labute approximate surface area is 144 Å². The van der Waals surface area contributed by atoms with Crippen LogP contribution in [-0.2, 0) is 0 Å². The first-order valence-corrected chi connectivity index (χ1v) is 8.81. The fraction of sp³-hybridized carbons (Fsp3) is 0.632. The lowest BCUT2D eigenvalue weighted by Gasteiger charge is -2.34. The second-order valence-electron chi connectivity index (χ2n) is 8.27. The number of nitrogens with zero attached hydrogens (tertiary/aromatic N) is 4. The fourth-order valence-corrected chi connectivity index (χ4v) is 3.61. The van der Waals surface area contributed by atoms with Crippen molar-refractivity contribution in [1.29, 1.82) is 5.26 Å². The van der Waals surface area contributed by atoms with Crippen molar-refractivity contribution in [2.24, 2.45) is 27.1 Å². The van der Waals surface area contributed by atoms with E-state index in [9.17, 15) is 5.26 Å². The second-order valence-corrected chi connectivity index (χ2v) is 8.27. The highest BCUT2D eigenvalue weighted by Crippen LogP contribution is 2.34. The predicted molar refractivity (Wildman–Crippen MR) is 97.9 cm³/mol. The summed E-state index contributed by atoms with van der Waals surface area (Å²) >= 11 is 0. The van der Waals surface area contributed by atoms with Crippen LogP contribution >= 0.6 is 0 Å². The Morgan fingerprint density at radius 1 is 1.33 bits per heavy atom. The van der Waals surface area contributed by atoms with Crippen LogP contribution in [0.4, 0.5) is 0 Å². The third-order valence-electron chi connectivity index (χ3n) is 4.88. The van der Waals surface area contributed by atoms with Gasteiger partial charge in [0.2, 0.25) is 0 Å². The standard InChI is InChI=1S/C19H27N5/c1-19(2,3)9-16-17(12-24-6-4-14(21)5-7-24)22-11-13-8-15(10-20)23-18(13)16/h8,11,14,16H,4-7,9,12,21H2,1-3H3. The van der Waals surface area contributed by atoms with Crippen LogP contribution in [0.5, 0.6) is 0 Å². The summed E-state index contributed by atoms with van der Waals surface area (Å²) in [5.74, 6) is 0.197. The summed E-state index contributed by atoms with van der Waals surface area (Å²) < 4.78 is 0. The van der Waals surface area contributed by atoms with Crippen molar-refractivity contribution >= 4 is 11.4 Å². The van der Waals surface area contributed by atoms with Crippen LogP contribution in [0.15, 0.2) is 33.5 Å². The molecule has 0 radical (unpaired) electrons. The molecule has 3 rings (SSSR count). The van der Waals surface area contributed by atoms with Gasteiger partial charge >= 0.3 is 0 Å². The Kier molecular flexibility index (Phi) is 4.71. The Balaban J connectivity index is 1.81. The number of likely N-dealkylation sites (tertiary alicyclic amines) is 1. The molecule has 5 nitrogen and oxygen atoms in total. The molecule has 24 heavy (non-hydrogen) atoms. The molecule has 128 valence electrons. The molecule has 1 saturated heterocycles. The van der Waals surface area contributed by atoms with Crippen LogP contribution in [0.3, 0.4) is 0 Å². The van der Waals surface area contributed by atoms with Gasteiger partial charge < -0.3 is 5.73 Å². The first-order chi connectivity index (χ1) is 11.4. The molecule has 0 amide bonds. The van der Waals surface area contributed by atoms with E-state index in [1.807, 2.05) is 12.3 Å². The van der Waals surface area contributed by atoms with E-state index in [4.69, 9.17) is 10.7 Å². The molecule has 1 unspecified atom stereocenters. The first kappa shape index (κ1) is 17.1. The lowest BCUT2D eigenvalue weighted by molar-refractivity contribution is 0.237. The molecule has 1 atom stereocenters. The van der Waals surface area contributed by atoms with Gasteiger partial charge in [-0.3, -0.25) is 9.89 Å². The molecule has 0 aromatic heterocycles. The van der Waals surface area contributed by atoms with E-state index in [0.717, 1.165) is 50.2 Å². The summed E-state index contributed by atoms with van der Waals surface area (Å²) in [6, 6.07) is 2.50. The average Bonchev–Trinajstić information content (AvgIpc) is 2.94. The van der Waals surface area contributed by atoms with Gasteiger partial charge in [0.15, 0.2) is 0 Å². The highest BCUT2D eigenvalue weighted by Gasteiger charge is 2.34. The van der Waals surface area contributed by atoms with Crippen molar-refractivity contribution in [2.45, 2.75) is 46.1 Å². The zero-order valence-electron chi connectivity index (χ0n) is 14.9. The Morgan fingerprint density at radius 2 is 2.04 bits per heavy atom. The number of aliphatic imine (C=N–C) groups is 2. The minimum absolute atomic E-state index is 0.177. The fourth-order valence-electron chi connectivity index (χ4n) is 3.61. The van der Waals surface area contributed by atoms with Gasteiger partial charge in [-0.15, -0.1) is 0 Å². The van der Waals surface area contributed by atoms with Crippen LogP contribution in [0, 0.1) is 22.7 Å². The van der Waals surface area contributed by atoms with Crippen LogP contribution in [0.1, 0.15) is 40.0 Å². The summed E-state index contributed by atoms with van der Waals surface area (Å²) in [7, 11) is 0. The number of piperidine rings is 1. The van der Waals surface area contributed by atoms with Gasteiger partial charge in [-0.05, 0) is 30.8 Å². The molecule has 0 aromatic rings. The molecule has 0 aromatic carbocycles. The SMILES string of the molecule is CC(C)(C)CC1C(CN2CCC(N)CC2)=NC=C2C=C(C#N)N=C21. The van der Waals surface area contributed by atoms with E-state index in [2.05, 4.69) is 36.7 Å². The number of nitriles is 1. The maximum atomic E-state index is 9.17. The van der Waals surface area contributed by atoms with E-state index in [1.54, 1.807) is 0 Å². The Hall–Kier alpha value is -1.77. The van der Waals surface area contributed by atoms with Crippen LogP contribution in [0.25, 0.3) is 0 Å². The summed E-state index contributed by atoms with van der Waals surface area (Å²) in [4.78, 5) is 11.8. The van der Waals surface area contributed by atoms with E-state index in [-0.39, 0.29) is 11.3 Å². The molecule has 0 aliphatic carbocycles. The van der Waals surface area contributed by atoms with E-state index in [1.165, 1.54) is 5.71 Å². The topological polar surface area (TPSA) is 77.8 Å². The zero-order valence-corrected chi connectivity index (χ0v) is 14.9. The number of hydrogen-bond acceptors (Lipinski definition) is 5. The smallest absolute Gasteiger partial charge is 0.141 e. The number of rotatable bonds is 3. The van der Waals surface area contributed by atoms with Gasteiger partial charge in [-0.25, -0.2) is 4.99 Å². The number of allylic oxidation sites excluding steroid dienone is 3. The normalized spacial score (nSPS) is 25.4. The monoisotopic (exact) mass is 325 g/mol. The molecule has 3 aliphatic rings. The van der Waals surface area contributed by atoms with Crippen LogP contribution in [-0.4, -0.2) is 42.0 Å². The molecule has 3 heterocycles. The highest BCUT2D eigenvalue weighted by molar-refractivity contribution is 6.20. The van der Waals surface area contributed by atoms with Crippen molar-refractivity contribution in [1.82, 2.24) is 4.90 Å². The summed E-state index contributed by atoms with van der Waals surface area (Å²) in [6.07, 6.45) is 6.83. The van der Waals surface area contributed by atoms with Gasteiger partial charge in [0.05, 0.1) is 5.71 Å². The first-order valence-electron chi connectivity index (χ1n) is 8.81. The zero-order chi connectivity index (χ0) is 17.3. The molecular formula is C19H27N5. The molecule has 2 N–H and O–H groups in total. The summed E-state index contributed by atoms with van der Waals surface area (Å²) in [6.45, 7) is 9.68. The quantitative estimate of drug-likeness (QED) is 0.866. The summed E-state index contributed by atoms with van der Waals surface area (Å²) in [5.41, 5.74) is 9.90. The van der Waals surface area contributed by atoms with E-state index >= 15 is 0 Å². The summed E-state index contributed by atoms with van der Waals surface area (Å²) in [5, 5.41) is 9.17. The molecule has 5 heteroatoms. The average molecular weight is 325 g/mol. The Morgan fingerprint density at radius 3 is 2.67 bits per heavy atom. The van der Waals surface area contributed by atoms with Crippen molar-refractivity contribution < 1.29 is 0 Å². The molecule has 0 bridgehead atoms. The van der Waals surface area contributed by atoms with Gasteiger partial charge in [0, 0.05) is 49.1 Å². The maximum Gasteiger partial charge on any atom is 0.141 e. The van der Waals surface area contributed by atoms with Crippen LogP contribution < -0.4 is 5.73 Å². The lowest BCUT2D eigenvalue weighted by atomic mass is 9.77. The lowest BCUT2D eigenvalue weighted by Crippen LogP contribution is -2.44. The van der Waals surface area contributed by atoms with Crippen molar-refractivity contribution in [3.05, 3.63) is 23.5 Å². The van der Waals surface area contributed by atoms with Crippen molar-refractivity contribution in [3.8, 4) is 6.07 Å². The van der Waals surface area contributed by atoms with Crippen molar-refractivity contribution in [3.63, 3.8) is 0 Å². The van der Waals surface area contributed by atoms with Crippen LogP contribution in [0.2, 0.25) is 0 Å². The molecule has 0 spiro atoms. The molecule has 1 fully saturated rings. The molecule has 3 aliphatic heterocycles. The second kappa shape index (κ2) is 6.62. The van der Waals surface area contributed by atoms with Gasteiger partial charge in [0.1, 0.15) is 11.8 Å². The van der Waals surface area contributed by atoms with Gasteiger partial charge in [-0.2, -0.15) is 5.26 Å². The minimum Gasteiger partial charge on any atom is -0.328 e. The third-order valence-corrected chi connectivity index (χ3v) is 4.88. The van der Waals surface area contributed by atoms with E-state index in [0.29, 0.717) is 11.7 Å². The predicted octanol–water partition coefficient (Wildman–Crippen LogP) is 2.66. The van der Waals surface area contributed by atoms with E-state index < -0.39 is 0 Å². The number of hydrogen-bond donors (Lipinski definition) is 1. The van der Waals surface area contributed by atoms with Crippen molar-refractivity contribution in [2.75, 3.05) is 19.6 Å². The largest absolute Gasteiger partial charge is 0.328 e. The number of nitrogens with two attached hydrogens (primary N) is 1. The minimum atomic E-state index is 0.177. The molecule has 0 saturated carbocycles. The highest BCUT2D eigenvalue weighted by atomic mass is 15.1. The Bertz CT molecular complexity index is 661. The number of fused-ring (bicyclic) bond motifs is 1. The molecular weight excluding hydrogens is 298 g/mol. The van der Waals surface area contributed by atoms with Gasteiger partial charge in [-0.1, -0.05) is 20.8 Å². The third kappa shape index (κ3) is 3.82. The maximum absolute atomic E-state index is 9.17. The van der Waals surface area contributed by atoms with Gasteiger partial charge in [0.25, 0.3) is 0 Å².